The van der Waals surface area contributed by atoms with Crippen LogP contribution in [0.25, 0.3) is 0 Å². The van der Waals surface area contributed by atoms with E-state index in [1.165, 1.54) is 0 Å². The first-order valence-corrected chi connectivity index (χ1v) is 9.61. The molecule has 5 N–H and O–H groups in total. The Labute approximate surface area is 181 Å². The Morgan fingerprint density at radius 2 is 2.17 bits per heavy atom. The van der Waals surface area contributed by atoms with Crippen molar-refractivity contribution in [1.29, 1.82) is 5.26 Å². The van der Waals surface area contributed by atoms with Gasteiger partial charge in [-0.05, 0) is 31.0 Å². The third-order valence-electron chi connectivity index (χ3n) is 4.63. The minimum Gasteiger partial charge on any atom is -0.399 e. The number of carbonyl (C=O) groups is 1. The van der Waals surface area contributed by atoms with E-state index in [4.69, 9.17) is 16.1 Å². The van der Waals surface area contributed by atoms with Crippen molar-refractivity contribution in [1.82, 2.24) is 15.3 Å². The van der Waals surface area contributed by atoms with Crippen LogP contribution in [0.5, 0.6) is 0 Å². The summed E-state index contributed by atoms with van der Waals surface area (Å²) in [5, 5.41) is 24.0. The average molecular weight is 432 g/mol. The van der Waals surface area contributed by atoms with Crippen molar-refractivity contribution in [3.8, 4) is 6.07 Å². The molecule has 0 radical (unpaired) electrons. The third kappa shape index (κ3) is 5.95. The first-order chi connectivity index (χ1) is 14.0. The van der Waals surface area contributed by atoms with Crippen molar-refractivity contribution in [2.45, 2.75) is 32.2 Å². The summed E-state index contributed by atoms with van der Waals surface area (Å²) >= 11 is 0. The van der Waals surface area contributed by atoms with Crippen molar-refractivity contribution in [3.63, 3.8) is 0 Å². The van der Waals surface area contributed by atoms with Gasteiger partial charge in [-0.25, -0.2) is 4.98 Å². The molecular weight excluding hydrogens is 406 g/mol. The number of nitriles is 1. The number of aromatic nitrogens is 2. The van der Waals surface area contributed by atoms with Gasteiger partial charge >= 0.3 is 0 Å². The molecule has 1 saturated heterocycles. The third-order valence-corrected chi connectivity index (χ3v) is 4.63. The highest BCUT2D eigenvalue weighted by Gasteiger charge is 2.25. The highest BCUT2D eigenvalue weighted by atomic mass is 35.5. The molecule has 1 aromatic carbocycles. The quantitative estimate of drug-likeness (QED) is 0.486. The number of aliphatic hydroxyl groups excluding tert-OH is 1. The normalized spacial score (nSPS) is 15.2. The smallest absolute Gasteiger partial charge is 0.245 e. The Morgan fingerprint density at radius 1 is 1.37 bits per heavy atom. The van der Waals surface area contributed by atoms with Crippen LogP contribution in [0, 0.1) is 11.3 Å². The lowest BCUT2D eigenvalue weighted by atomic mass is 10.2. The van der Waals surface area contributed by atoms with Crippen LogP contribution in [0.2, 0.25) is 0 Å². The molecule has 0 bridgehead atoms. The second kappa shape index (κ2) is 10.6. The number of rotatable bonds is 7. The molecule has 0 aliphatic carbocycles. The minimum absolute atomic E-state index is 0. The number of anilines is 4. The number of nitrogens with one attached hydrogen (secondary N) is 2. The van der Waals surface area contributed by atoms with E-state index in [9.17, 15) is 4.79 Å². The number of nitrogens with zero attached hydrogens (tertiary/aromatic N) is 4. The van der Waals surface area contributed by atoms with Crippen LogP contribution in [0.4, 0.5) is 23.1 Å². The van der Waals surface area contributed by atoms with Gasteiger partial charge in [-0.15, -0.1) is 12.4 Å². The van der Waals surface area contributed by atoms with E-state index in [0.717, 1.165) is 37.3 Å². The van der Waals surface area contributed by atoms with Gasteiger partial charge in [-0.1, -0.05) is 13.3 Å². The summed E-state index contributed by atoms with van der Waals surface area (Å²) in [4.78, 5) is 22.7. The fraction of sp³-hybridized carbons (Fsp3) is 0.400. The van der Waals surface area contributed by atoms with Crippen LogP contribution in [-0.2, 0) is 11.2 Å². The summed E-state index contributed by atoms with van der Waals surface area (Å²) in [7, 11) is 0. The monoisotopic (exact) mass is 431 g/mol. The molecule has 1 amide bonds. The van der Waals surface area contributed by atoms with Gasteiger partial charge in [-0.2, -0.15) is 10.2 Å². The van der Waals surface area contributed by atoms with Crippen LogP contribution in [0.15, 0.2) is 24.3 Å². The van der Waals surface area contributed by atoms with Crippen molar-refractivity contribution in [2.24, 2.45) is 0 Å². The number of aryl methyl sites for hydroxylation is 1. The molecule has 1 aromatic heterocycles. The van der Waals surface area contributed by atoms with E-state index in [1.54, 1.807) is 18.2 Å². The van der Waals surface area contributed by atoms with E-state index in [-0.39, 0.29) is 24.4 Å². The Bertz CT molecular complexity index is 932. The summed E-state index contributed by atoms with van der Waals surface area (Å²) in [6.45, 7) is 2.94. The van der Waals surface area contributed by atoms with Crippen molar-refractivity contribution >= 4 is 41.5 Å². The number of amides is 1. The van der Waals surface area contributed by atoms with Gasteiger partial charge in [0.1, 0.15) is 12.4 Å². The van der Waals surface area contributed by atoms with Crippen molar-refractivity contribution in [3.05, 3.63) is 35.5 Å². The Morgan fingerprint density at radius 3 is 2.87 bits per heavy atom. The van der Waals surface area contributed by atoms with Gasteiger partial charge < -0.3 is 26.4 Å². The number of hydrogen-bond donors (Lipinski definition) is 4. The number of hydrogen-bond acceptors (Lipinski definition) is 8. The highest BCUT2D eigenvalue weighted by molar-refractivity contribution is 5.85. The van der Waals surface area contributed by atoms with Gasteiger partial charge in [0.15, 0.2) is 0 Å². The summed E-state index contributed by atoms with van der Waals surface area (Å²) in [5.74, 6) is 0.836. The molecule has 0 saturated carbocycles. The number of halogens is 1. The second-order valence-electron chi connectivity index (χ2n) is 7.03. The Kier molecular flexibility index (Phi) is 8.21. The fourth-order valence-corrected chi connectivity index (χ4v) is 3.36. The van der Waals surface area contributed by atoms with Gasteiger partial charge in [0.25, 0.3) is 0 Å². The lowest BCUT2D eigenvalue weighted by molar-refractivity contribution is -0.124. The zero-order chi connectivity index (χ0) is 20.8. The van der Waals surface area contributed by atoms with Crippen LogP contribution < -0.4 is 21.3 Å². The molecule has 0 unspecified atom stereocenters. The van der Waals surface area contributed by atoms with Crippen molar-refractivity contribution in [2.75, 3.05) is 35.6 Å². The summed E-state index contributed by atoms with van der Waals surface area (Å²) in [5.41, 5.74) is 8.37. The number of nitrogens with two attached hydrogens (primary N) is 1. The lowest BCUT2D eigenvalue weighted by Gasteiger charge is -2.19. The first-order valence-electron chi connectivity index (χ1n) is 9.61. The van der Waals surface area contributed by atoms with E-state index >= 15 is 0 Å². The maximum Gasteiger partial charge on any atom is 0.245 e. The summed E-state index contributed by atoms with van der Waals surface area (Å²) in [6.07, 6.45) is 2.54. The van der Waals surface area contributed by atoms with E-state index in [1.807, 2.05) is 6.07 Å². The molecular formula is C20H26ClN7O2. The van der Waals surface area contributed by atoms with Crippen LogP contribution in [-0.4, -0.2) is 46.7 Å². The zero-order valence-corrected chi connectivity index (χ0v) is 17.6. The predicted molar refractivity (Wildman–Crippen MR) is 118 cm³/mol. The average Bonchev–Trinajstić information content (AvgIpc) is 3.16. The highest BCUT2D eigenvalue weighted by Crippen LogP contribution is 2.24. The molecule has 1 atom stereocenters. The summed E-state index contributed by atoms with van der Waals surface area (Å²) in [6, 6.07) is 9.06. The number of aliphatic hydroxyl groups is 1. The van der Waals surface area contributed by atoms with Crippen LogP contribution in [0.3, 0.4) is 0 Å². The molecule has 2 aromatic rings. The Hall–Kier alpha value is -3.09. The van der Waals surface area contributed by atoms with Gasteiger partial charge in [0.2, 0.25) is 11.9 Å². The SMILES string of the molecule is CCCc1cc(N2CC[C@H](NC(=O)CO)C2)nc(Nc2cc(N)cc(C#N)c2)n1.Cl. The minimum atomic E-state index is -0.510. The first kappa shape index (κ1) is 23.2. The number of nitrogen functional groups attached to an aromatic ring is 1. The largest absolute Gasteiger partial charge is 0.399 e. The van der Waals surface area contributed by atoms with Gasteiger partial charge in [-0.3, -0.25) is 4.79 Å². The molecule has 2 heterocycles. The topological polar surface area (TPSA) is 140 Å². The maximum atomic E-state index is 11.4. The van der Waals surface area contributed by atoms with Crippen LogP contribution >= 0.6 is 12.4 Å². The summed E-state index contributed by atoms with van der Waals surface area (Å²) < 4.78 is 0. The maximum absolute atomic E-state index is 11.4. The van der Waals surface area contributed by atoms with E-state index in [2.05, 4.69) is 38.5 Å². The standard InChI is InChI=1S/C20H25N7O2.ClH/c1-2-3-15-9-18(27-5-4-16(11-27)23-19(29)12-28)26-20(24-15)25-17-7-13(10-21)6-14(22)8-17;/h6-9,16,28H,2-5,11-12,22H2,1H3,(H,23,29)(H,24,25,26);1H/t16-;/m0./s1. The molecule has 30 heavy (non-hydrogen) atoms. The Balaban J connectivity index is 0.00000320. The molecule has 1 fully saturated rings. The van der Waals surface area contributed by atoms with Crippen LogP contribution in [0.1, 0.15) is 31.0 Å². The second-order valence-corrected chi connectivity index (χ2v) is 7.03. The molecule has 9 nitrogen and oxygen atoms in total. The molecule has 160 valence electrons. The van der Waals surface area contributed by atoms with Gasteiger partial charge in [0, 0.05) is 42.3 Å². The molecule has 1 aliphatic rings. The molecule has 3 rings (SSSR count). The predicted octanol–water partition coefficient (Wildman–Crippen LogP) is 1.74. The molecule has 0 spiro atoms. The van der Waals surface area contributed by atoms with E-state index in [0.29, 0.717) is 29.4 Å². The molecule has 1 aliphatic heterocycles. The van der Waals surface area contributed by atoms with E-state index < -0.39 is 6.61 Å². The number of carbonyl (C=O) groups excluding carboxylic acids is 1. The van der Waals surface area contributed by atoms with Crippen molar-refractivity contribution < 1.29 is 9.90 Å². The molecule has 10 heteroatoms. The zero-order valence-electron chi connectivity index (χ0n) is 16.8. The lowest BCUT2D eigenvalue weighted by Crippen LogP contribution is -2.38. The number of benzene rings is 1. The fourth-order valence-electron chi connectivity index (χ4n) is 3.36. The van der Waals surface area contributed by atoms with Gasteiger partial charge in [0.05, 0.1) is 11.6 Å².